The number of aromatic nitrogens is 1. The van der Waals surface area contributed by atoms with Crippen molar-refractivity contribution in [3.63, 3.8) is 0 Å². The summed E-state index contributed by atoms with van der Waals surface area (Å²) in [5.41, 5.74) is 5.80. The van der Waals surface area contributed by atoms with Crippen molar-refractivity contribution in [3.05, 3.63) is 106 Å². The number of carbonyl (C=O) groups is 1. The number of benzene rings is 4. The maximum atomic E-state index is 11.9. The predicted molar refractivity (Wildman–Crippen MR) is 145 cm³/mol. The van der Waals surface area contributed by atoms with Crippen LogP contribution in [0.1, 0.15) is 18.4 Å². The number of ether oxygens (including phenoxy) is 1. The average molecular weight is 511 g/mol. The molecule has 5 aromatic rings. The van der Waals surface area contributed by atoms with E-state index >= 15 is 0 Å². The van der Waals surface area contributed by atoms with E-state index in [1.165, 1.54) is 5.56 Å². The molecule has 4 aromatic carbocycles. The standard InChI is InChI=1S/C29H20ClN2O3P/c30-24-17-26-25(16-23(24)20-8-6-19(7-9-20)18-4-2-1-3-5-18)31-28(36-26)35-22-12-10-21(11-13-22)29(14-15-29)27(33)32-34/h1-13,16-17,36H,14-15H2. The summed E-state index contributed by atoms with van der Waals surface area (Å²) in [6.07, 6.45) is 1.30. The Bertz CT molecular complexity index is 1590. The molecule has 0 bridgehead atoms. The third-order valence-corrected chi connectivity index (χ3v) is 8.13. The van der Waals surface area contributed by atoms with Gasteiger partial charge in [0.2, 0.25) is 5.61 Å². The van der Waals surface area contributed by atoms with Gasteiger partial charge < -0.3 is 4.74 Å². The van der Waals surface area contributed by atoms with Gasteiger partial charge in [-0.05, 0) is 59.4 Å². The molecule has 0 radical (unpaired) electrons. The number of fused-ring (bicyclic) bond motifs is 1. The molecule has 1 atom stereocenters. The second kappa shape index (κ2) is 9.02. The van der Waals surface area contributed by atoms with Crippen molar-refractivity contribution >= 4 is 36.3 Å². The monoisotopic (exact) mass is 510 g/mol. The largest absolute Gasteiger partial charge is 0.436 e. The smallest absolute Gasteiger partial charge is 0.296 e. The van der Waals surface area contributed by atoms with Crippen LogP contribution in [0.15, 0.2) is 96.2 Å². The maximum absolute atomic E-state index is 11.9. The van der Waals surface area contributed by atoms with Crippen molar-refractivity contribution in [2.75, 3.05) is 0 Å². The molecule has 0 N–H and O–H groups in total. The molecule has 0 saturated heterocycles. The van der Waals surface area contributed by atoms with Crippen LogP contribution in [0.4, 0.5) is 0 Å². The highest BCUT2D eigenvalue weighted by Crippen LogP contribution is 2.49. The number of rotatable bonds is 6. The van der Waals surface area contributed by atoms with Gasteiger partial charge in [-0.1, -0.05) is 86.5 Å². The predicted octanol–water partition coefficient (Wildman–Crippen LogP) is 8.37. The Morgan fingerprint density at radius 1 is 0.889 bits per heavy atom. The third-order valence-electron chi connectivity index (χ3n) is 6.72. The van der Waals surface area contributed by atoms with Crippen LogP contribution in [0.3, 0.4) is 0 Å². The molecule has 36 heavy (non-hydrogen) atoms. The fourth-order valence-electron chi connectivity index (χ4n) is 4.54. The zero-order chi connectivity index (χ0) is 24.7. The summed E-state index contributed by atoms with van der Waals surface area (Å²) in [6.45, 7) is 0. The summed E-state index contributed by atoms with van der Waals surface area (Å²) in [5.74, 6) is 0.0265. The summed E-state index contributed by atoms with van der Waals surface area (Å²) in [4.78, 5) is 27.3. The molecule has 6 rings (SSSR count). The van der Waals surface area contributed by atoms with Gasteiger partial charge >= 0.3 is 0 Å². The lowest BCUT2D eigenvalue weighted by molar-refractivity contribution is -0.120. The Labute approximate surface area is 214 Å². The molecule has 1 aliphatic rings. The van der Waals surface area contributed by atoms with E-state index in [0.717, 1.165) is 32.9 Å². The Hall–Kier alpha value is -3.79. The van der Waals surface area contributed by atoms with Crippen molar-refractivity contribution in [1.29, 1.82) is 0 Å². The molecule has 1 saturated carbocycles. The van der Waals surface area contributed by atoms with Gasteiger partial charge in [0.1, 0.15) is 5.75 Å². The van der Waals surface area contributed by atoms with E-state index in [4.69, 9.17) is 21.3 Å². The average Bonchev–Trinajstić information content (AvgIpc) is 3.64. The highest BCUT2D eigenvalue weighted by molar-refractivity contribution is 7.39. The van der Waals surface area contributed by atoms with Crippen LogP contribution in [0.5, 0.6) is 11.4 Å². The minimum absolute atomic E-state index is 0.253. The van der Waals surface area contributed by atoms with Gasteiger partial charge in [-0.3, -0.25) is 4.79 Å². The Morgan fingerprint density at radius 2 is 1.56 bits per heavy atom. The molecule has 5 nitrogen and oxygen atoms in total. The zero-order valence-electron chi connectivity index (χ0n) is 19.1. The third kappa shape index (κ3) is 4.11. The van der Waals surface area contributed by atoms with Crippen molar-refractivity contribution < 1.29 is 9.53 Å². The molecule has 7 heteroatoms. The maximum Gasteiger partial charge on any atom is 0.296 e. The first-order chi connectivity index (χ1) is 17.6. The lowest BCUT2D eigenvalue weighted by Gasteiger charge is -2.10. The number of nitroso groups, excluding NO2 is 1. The number of carbonyl (C=O) groups excluding carboxylic acids is 1. The SMILES string of the molecule is O=NC(=O)C1(c2ccc(Oc3nc4cc(-c5ccc(-c6ccccc6)cc5)c(Cl)cc4[pH]3)cc2)CC1. The zero-order valence-corrected chi connectivity index (χ0v) is 20.8. The van der Waals surface area contributed by atoms with E-state index in [0.29, 0.717) is 29.2 Å². The first-order valence-electron chi connectivity index (χ1n) is 11.6. The quantitative estimate of drug-likeness (QED) is 0.215. The fourth-order valence-corrected chi connectivity index (χ4v) is 5.95. The normalized spacial score (nSPS) is 14.1. The van der Waals surface area contributed by atoms with Gasteiger partial charge in [-0.2, -0.15) is 0 Å². The lowest BCUT2D eigenvalue weighted by atomic mass is 9.95. The molecule has 1 amide bonds. The van der Waals surface area contributed by atoms with Crippen molar-refractivity contribution in [3.8, 4) is 33.6 Å². The second-order valence-electron chi connectivity index (χ2n) is 8.94. The van der Waals surface area contributed by atoms with Crippen LogP contribution >= 0.6 is 19.8 Å². The Kier molecular flexibility index (Phi) is 5.67. The van der Waals surface area contributed by atoms with Gasteiger partial charge in [0.25, 0.3) is 5.91 Å². The van der Waals surface area contributed by atoms with E-state index in [-0.39, 0.29) is 8.19 Å². The molecule has 1 unspecified atom stereocenters. The van der Waals surface area contributed by atoms with E-state index in [1.54, 1.807) is 12.1 Å². The van der Waals surface area contributed by atoms with Gasteiger partial charge in [-0.15, -0.1) is 4.91 Å². The minimum Gasteiger partial charge on any atom is -0.436 e. The van der Waals surface area contributed by atoms with Crippen LogP contribution < -0.4 is 4.74 Å². The van der Waals surface area contributed by atoms with E-state index in [1.807, 2.05) is 42.5 Å². The molecule has 176 valence electrons. The van der Waals surface area contributed by atoms with Crippen molar-refractivity contribution in [2.45, 2.75) is 18.3 Å². The van der Waals surface area contributed by atoms with E-state index in [9.17, 15) is 9.70 Å². The summed E-state index contributed by atoms with van der Waals surface area (Å²) < 4.78 is 6.03. The Morgan fingerprint density at radius 3 is 2.22 bits per heavy atom. The molecule has 0 spiro atoms. The van der Waals surface area contributed by atoms with Crippen LogP contribution in [0.25, 0.3) is 32.9 Å². The lowest BCUT2D eigenvalue weighted by Crippen LogP contribution is -2.17. The summed E-state index contributed by atoms with van der Waals surface area (Å²) in [7, 11) is 0.253. The number of nitrogens with zero attached hydrogens (tertiary/aromatic N) is 2. The number of amides is 1. The van der Waals surface area contributed by atoms with Crippen LogP contribution in [-0.2, 0) is 10.2 Å². The van der Waals surface area contributed by atoms with E-state index < -0.39 is 11.3 Å². The van der Waals surface area contributed by atoms with Crippen LogP contribution in [-0.4, -0.2) is 10.9 Å². The van der Waals surface area contributed by atoms with Gasteiger partial charge in [0, 0.05) is 20.9 Å². The molecule has 1 aliphatic carbocycles. The van der Waals surface area contributed by atoms with Crippen LogP contribution in [0.2, 0.25) is 5.02 Å². The number of hydrogen-bond donors (Lipinski definition) is 0. The molecule has 1 aromatic heterocycles. The molecular formula is C29H20ClN2O3P. The molecule has 0 aliphatic heterocycles. The van der Waals surface area contributed by atoms with Gasteiger partial charge in [0.05, 0.1) is 10.9 Å². The number of hydrogen-bond acceptors (Lipinski definition) is 4. The van der Waals surface area contributed by atoms with Crippen molar-refractivity contribution in [2.24, 2.45) is 5.18 Å². The van der Waals surface area contributed by atoms with Gasteiger partial charge in [-0.25, -0.2) is 4.98 Å². The first-order valence-corrected chi connectivity index (χ1v) is 12.9. The number of halogens is 1. The highest BCUT2D eigenvalue weighted by atomic mass is 35.5. The molecule has 1 fully saturated rings. The molecule has 1 heterocycles. The van der Waals surface area contributed by atoms with Crippen LogP contribution in [0, 0.1) is 4.91 Å². The minimum atomic E-state index is -0.740. The topological polar surface area (TPSA) is 68.6 Å². The molecular weight excluding hydrogens is 491 g/mol. The summed E-state index contributed by atoms with van der Waals surface area (Å²) in [5, 5.41) is 4.35. The highest BCUT2D eigenvalue weighted by Gasteiger charge is 2.52. The summed E-state index contributed by atoms with van der Waals surface area (Å²) in [6, 6.07) is 29.8. The van der Waals surface area contributed by atoms with E-state index in [2.05, 4.69) is 41.6 Å². The van der Waals surface area contributed by atoms with Gasteiger partial charge in [0.15, 0.2) is 0 Å². The fraction of sp³-hybridized carbons (Fsp3) is 0.103. The first kappa shape index (κ1) is 22.7. The summed E-state index contributed by atoms with van der Waals surface area (Å²) >= 11 is 6.67. The van der Waals surface area contributed by atoms with Crippen molar-refractivity contribution in [1.82, 2.24) is 4.98 Å². The second-order valence-corrected chi connectivity index (χ2v) is 10.6. The Balaban J connectivity index is 1.24.